The Morgan fingerprint density at radius 2 is 0.619 bits per heavy atom. The first kappa shape index (κ1) is 107. The molecule has 0 bridgehead atoms. The second kappa shape index (κ2) is 48.4. The van der Waals surface area contributed by atoms with Crippen molar-refractivity contribution in [3.63, 3.8) is 0 Å². The number of halogens is 1. The van der Waals surface area contributed by atoms with Gasteiger partial charge in [0.2, 0.25) is 50.1 Å². The fourth-order valence-electron chi connectivity index (χ4n) is 19.2. The van der Waals surface area contributed by atoms with Crippen LogP contribution >= 0.6 is 11.6 Å². The second-order valence-corrected chi connectivity index (χ2v) is 48.6. The molecule has 20 rings (SSSR count). The molecule has 0 saturated carbocycles. The lowest BCUT2D eigenvalue weighted by molar-refractivity contribution is 0.330. The molecule has 5 aliphatic rings. The predicted molar refractivity (Wildman–Crippen MR) is 598 cm³/mol. The minimum Gasteiger partial charge on any atom is -0.495 e. The molecule has 15 aromatic rings. The monoisotopic (exact) mass is 2100 g/mol. The van der Waals surface area contributed by atoms with Crippen LogP contribution in [0.3, 0.4) is 0 Å². The highest BCUT2D eigenvalue weighted by atomic mass is 35.5. The van der Waals surface area contributed by atoms with Gasteiger partial charge in [0.05, 0.1) is 42.6 Å². The smallest absolute Gasteiger partial charge is 0.213 e. The number of piperidine rings is 5. The Hall–Kier alpha value is -12.9. The molecule has 0 spiro atoms. The number of rotatable bonds is 27. The SMILES string of the molecule is CCS(=O)(=O)N1CCC(Nc2cc(-c3ccc(Cl)nc3)cc3ccncc23)CC1.CCS(=O)(=O)N1CCC(Nc2cc(-c3ccc(N)nc3)cc3ccncc23)CC1.CCS(=O)(=O)N1CCC(Nc2cc(-c3ccc(NC)cc3)cc3ccncc23)CC1.CCS(=O)(=O)N1CCC(Nc2cc(-c3cccc(NC)c3)cc3ccncc23)CC1.COc1cncc(-c2cc(NC3CCN(S(C)(=O)=O)CC3)c3cnccc3c2)c1. The zero-order valence-electron chi connectivity index (χ0n) is 83.9. The fraction of sp³-hybridized carbons (Fsp3) is 0.339. The van der Waals surface area contributed by atoms with Crippen LogP contribution in [0.25, 0.3) is 109 Å². The van der Waals surface area contributed by atoms with Crippen molar-refractivity contribution in [2.45, 2.75) is 122 Å². The van der Waals surface area contributed by atoms with E-state index in [9.17, 15) is 42.1 Å². The minimum absolute atomic E-state index is 0.151. The number of aromatic nitrogens is 8. The van der Waals surface area contributed by atoms with Gasteiger partial charge in [0.1, 0.15) is 16.7 Å². The summed E-state index contributed by atoms with van der Waals surface area (Å²) in [6.07, 6.45) is 34.4. The molecule has 0 aliphatic carbocycles. The highest BCUT2D eigenvalue weighted by Crippen LogP contribution is 2.41. The van der Waals surface area contributed by atoms with Crippen LogP contribution in [-0.2, 0) is 50.1 Å². The van der Waals surface area contributed by atoms with Crippen molar-refractivity contribution in [1.29, 1.82) is 0 Å². The van der Waals surface area contributed by atoms with Gasteiger partial charge in [-0.2, -0.15) is 0 Å². The number of hydrogen-bond donors (Lipinski definition) is 8. The van der Waals surface area contributed by atoms with Gasteiger partial charge >= 0.3 is 0 Å². The maximum atomic E-state index is 12.1. The largest absolute Gasteiger partial charge is 0.495 e. The molecule has 5 aliphatic heterocycles. The summed E-state index contributed by atoms with van der Waals surface area (Å²) in [5.74, 6) is 1.83. The number of benzene rings is 7. The summed E-state index contributed by atoms with van der Waals surface area (Å²) in [7, 11) is -10.1. The summed E-state index contributed by atoms with van der Waals surface area (Å²) in [5.41, 5.74) is 23.6. The van der Waals surface area contributed by atoms with Crippen molar-refractivity contribution in [1.82, 2.24) is 61.4 Å². The molecular weight excluding hydrogens is 1980 g/mol. The number of nitrogens with one attached hydrogen (secondary N) is 7. The van der Waals surface area contributed by atoms with Crippen molar-refractivity contribution < 1.29 is 46.8 Å². The number of nitrogen functional groups attached to an aromatic ring is 1. The molecule has 7 aromatic carbocycles. The Bertz CT molecular complexity index is 7530. The van der Waals surface area contributed by atoms with Crippen LogP contribution in [-0.4, -0.2) is 250 Å². The van der Waals surface area contributed by atoms with Crippen LogP contribution in [0, 0.1) is 0 Å². The van der Waals surface area contributed by atoms with E-state index in [1.807, 2.05) is 118 Å². The van der Waals surface area contributed by atoms with Crippen LogP contribution in [0.1, 0.15) is 91.9 Å². The zero-order valence-corrected chi connectivity index (χ0v) is 88.7. The lowest BCUT2D eigenvalue weighted by Gasteiger charge is -2.32. The van der Waals surface area contributed by atoms with Gasteiger partial charge in [-0.3, -0.25) is 29.9 Å². The number of nitrogens with two attached hydrogens (primary N) is 1. The van der Waals surface area contributed by atoms with E-state index in [0.717, 1.165) is 214 Å². The lowest BCUT2D eigenvalue weighted by atomic mass is 9.99. The Morgan fingerprint density at radius 3 is 0.918 bits per heavy atom. The summed E-state index contributed by atoms with van der Waals surface area (Å²) < 4.78 is 134. The molecule has 0 unspecified atom stereocenters. The molecular formula is C109H128ClN21O11S5. The summed E-state index contributed by atoms with van der Waals surface area (Å²) in [4.78, 5) is 34.1. The van der Waals surface area contributed by atoms with Gasteiger partial charge in [0.15, 0.2) is 0 Å². The molecule has 772 valence electrons. The van der Waals surface area contributed by atoms with Gasteiger partial charge in [0, 0.05) is 274 Å². The third-order valence-electron chi connectivity index (χ3n) is 27.8. The molecule has 9 N–H and O–H groups in total. The van der Waals surface area contributed by atoms with Gasteiger partial charge in [0.25, 0.3) is 0 Å². The second-order valence-electron chi connectivity index (χ2n) is 37.2. The fourth-order valence-corrected chi connectivity index (χ4v) is 24.7. The lowest BCUT2D eigenvalue weighted by Crippen LogP contribution is -2.42. The van der Waals surface area contributed by atoms with E-state index in [0.29, 0.717) is 82.2 Å². The number of anilines is 8. The van der Waals surface area contributed by atoms with Crippen molar-refractivity contribution in [2.75, 3.05) is 159 Å². The van der Waals surface area contributed by atoms with E-state index in [2.05, 4.69) is 180 Å². The molecule has 0 atom stereocenters. The number of pyridine rings is 8. The normalized spacial score (nSPS) is 16.1. The molecule has 0 radical (unpaired) electrons. The van der Waals surface area contributed by atoms with Gasteiger partial charge in [-0.15, -0.1) is 0 Å². The Balaban J connectivity index is 0.000000131. The first-order chi connectivity index (χ1) is 70.8. The van der Waals surface area contributed by atoms with E-state index in [1.54, 1.807) is 106 Å². The van der Waals surface area contributed by atoms with Crippen molar-refractivity contribution >= 4 is 161 Å². The topological polar surface area (TPSA) is 409 Å². The van der Waals surface area contributed by atoms with Crippen molar-refractivity contribution in [2.24, 2.45) is 0 Å². The van der Waals surface area contributed by atoms with Gasteiger partial charge in [-0.05, 0) is 303 Å². The van der Waals surface area contributed by atoms with Crippen molar-refractivity contribution in [3.05, 3.63) is 262 Å². The highest BCUT2D eigenvalue weighted by molar-refractivity contribution is 7.90. The van der Waals surface area contributed by atoms with Crippen LogP contribution in [0.5, 0.6) is 5.75 Å². The minimum atomic E-state index is -3.13. The number of nitrogens with zero attached hydrogens (tertiary/aromatic N) is 13. The van der Waals surface area contributed by atoms with E-state index >= 15 is 0 Å². The van der Waals surface area contributed by atoms with E-state index < -0.39 is 50.1 Å². The average Bonchev–Trinajstić information content (AvgIpc) is 0.801. The summed E-state index contributed by atoms with van der Waals surface area (Å²) >= 11 is 5.93. The molecule has 13 heterocycles. The number of methoxy groups -OCH3 is 1. The molecule has 5 saturated heterocycles. The van der Waals surface area contributed by atoms with E-state index in [4.69, 9.17) is 22.1 Å². The summed E-state index contributed by atoms with van der Waals surface area (Å²) in [5, 5.41) is 35.8. The summed E-state index contributed by atoms with van der Waals surface area (Å²) in [6, 6.07) is 58.7. The highest BCUT2D eigenvalue weighted by Gasteiger charge is 2.33. The Morgan fingerprint density at radius 1 is 0.313 bits per heavy atom. The van der Waals surface area contributed by atoms with Crippen LogP contribution in [0.15, 0.2) is 257 Å². The maximum Gasteiger partial charge on any atom is 0.213 e. The first-order valence-corrected chi connectivity index (χ1v) is 58.5. The van der Waals surface area contributed by atoms with E-state index in [-0.39, 0.29) is 53.2 Å². The quantitative estimate of drug-likeness (QED) is 0.0222. The van der Waals surface area contributed by atoms with Crippen LogP contribution in [0.2, 0.25) is 5.15 Å². The molecule has 5 fully saturated rings. The van der Waals surface area contributed by atoms with Crippen LogP contribution < -0.4 is 47.7 Å². The first-order valence-electron chi connectivity index (χ1n) is 49.8. The molecule has 0 amide bonds. The molecule has 32 nitrogen and oxygen atoms in total. The van der Waals surface area contributed by atoms with Crippen molar-refractivity contribution in [3.8, 4) is 61.4 Å². The number of sulfonamides is 5. The number of ether oxygens (including phenoxy) is 1. The average molecular weight is 2100 g/mol. The Labute approximate surface area is 867 Å². The Kier molecular flexibility index (Phi) is 35.2. The standard InChI is InChI=1S/2C23H28N4O2S.C21H23ClN4O2S.C21H25N5O2S.C21H24N4O3S/c1-3-30(28,29)27-12-9-21(10-13-27)26-23-15-19(14-18-8-11-25-16-22(18)23)17-4-6-20(24-2)7-5-17;1-3-30(28,29)27-11-8-20(9-12-27)26-23-15-19(13-18-7-10-25-16-22(18)23)17-5-4-6-21(14-17)24-2;2*1-2-29(27,28)26-9-6-18(7-10-26)25-20-12-17(16-3-4-21(22)24-13-16)11-15-5-8-23-14-19(15)20;1-28-19-10-17(12-23-13-19)16-9-15-3-6-22-14-20(15)21(11-16)24-18-4-7-25(8-5-18)29(2,26)27/h4-8,11,14-16,21,24,26H,3,9-10,12-13H2,1-2H3;4-7,10,13-16,20,24,26H,3,8-9,11-12H2,1-2H3;3-5,8,11-14,18,25H,2,6-7,9-10H2,1H3;3-5,8,11-14,18,25H,2,6-7,9-10H2,1H3,(H2,22,24);3,6,9-14,18,24H,4-5,7-8H2,1-2H3. The number of hydrogen-bond acceptors (Lipinski definition) is 27. The zero-order chi connectivity index (χ0) is 104. The molecule has 8 aromatic heterocycles. The third-order valence-corrected chi connectivity index (χ3v) is 36.9. The van der Waals surface area contributed by atoms with E-state index in [1.165, 1.54) is 6.26 Å². The predicted octanol–water partition coefficient (Wildman–Crippen LogP) is 18.8. The number of fused-ring (bicyclic) bond motifs is 5. The molecule has 147 heavy (non-hydrogen) atoms. The van der Waals surface area contributed by atoms with Gasteiger partial charge in [-0.25, -0.2) is 73.6 Å². The summed E-state index contributed by atoms with van der Waals surface area (Å²) in [6.45, 7) is 12.3. The third kappa shape index (κ3) is 27.2. The van der Waals surface area contributed by atoms with Gasteiger partial charge < -0.3 is 47.7 Å². The van der Waals surface area contributed by atoms with Crippen LogP contribution in [0.4, 0.5) is 45.6 Å². The van der Waals surface area contributed by atoms with Gasteiger partial charge in [-0.1, -0.05) is 35.9 Å². The molecule has 38 heteroatoms. The maximum absolute atomic E-state index is 12.1.